The molecule has 0 aliphatic rings. The molecule has 0 saturated carbocycles. The quantitative estimate of drug-likeness (QED) is 0.557. The predicted molar refractivity (Wildman–Crippen MR) is 73.4 cm³/mol. The Balaban J connectivity index is 2.22. The van der Waals surface area contributed by atoms with Gasteiger partial charge >= 0.3 is 0 Å². The van der Waals surface area contributed by atoms with Gasteiger partial charge in [0.15, 0.2) is 0 Å². The number of anilines is 1. The summed E-state index contributed by atoms with van der Waals surface area (Å²) in [5.74, 6) is 0.797. The van der Waals surface area contributed by atoms with Crippen molar-refractivity contribution in [1.29, 1.82) is 0 Å². The molecule has 0 heterocycles. The highest BCUT2D eigenvalue weighted by Gasteiger charge is 2.01. The van der Waals surface area contributed by atoms with Gasteiger partial charge in [-0.15, -0.1) is 0 Å². The molecule has 0 atom stereocenters. The van der Waals surface area contributed by atoms with Gasteiger partial charge in [-0.2, -0.15) is 0 Å². The zero-order valence-corrected chi connectivity index (χ0v) is 11.0. The highest BCUT2D eigenvalue weighted by atomic mass is 16.5. The number of rotatable bonds is 8. The Bertz CT molecular complexity index is 315. The number of ether oxygens (including phenoxy) is 1. The molecule has 0 unspecified atom stereocenters. The molecule has 0 spiro atoms. The Labute approximate surface area is 105 Å². The molecule has 0 amide bonds. The smallest absolute Gasteiger partial charge is 0.142 e. The van der Waals surface area contributed by atoms with Crippen LogP contribution in [0.15, 0.2) is 24.3 Å². The second-order valence-electron chi connectivity index (χ2n) is 4.17. The van der Waals surface area contributed by atoms with Gasteiger partial charge in [0.25, 0.3) is 0 Å². The summed E-state index contributed by atoms with van der Waals surface area (Å²) in [4.78, 5) is 2.44. The molecule has 0 aromatic heterocycles. The predicted octanol–water partition coefficient (Wildman–Crippen LogP) is 2.77. The molecule has 3 heteroatoms. The second kappa shape index (κ2) is 7.96. The average Bonchev–Trinajstić information content (AvgIpc) is 2.35. The van der Waals surface area contributed by atoms with E-state index in [1.807, 2.05) is 24.3 Å². The number of para-hydroxylation sites is 2. The van der Waals surface area contributed by atoms with E-state index >= 15 is 0 Å². The van der Waals surface area contributed by atoms with Crippen LogP contribution in [0.1, 0.15) is 26.7 Å². The lowest BCUT2D eigenvalue weighted by atomic mass is 10.3. The van der Waals surface area contributed by atoms with E-state index in [0.29, 0.717) is 5.69 Å². The number of nitrogens with two attached hydrogens (primary N) is 1. The topological polar surface area (TPSA) is 38.5 Å². The van der Waals surface area contributed by atoms with Gasteiger partial charge in [-0.3, -0.25) is 0 Å². The Morgan fingerprint density at radius 1 is 1.18 bits per heavy atom. The molecule has 17 heavy (non-hydrogen) atoms. The van der Waals surface area contributed by atoms with Gasteiger partial charge in [-0.1, -0.05) is 26.0 Å². The van der Waals surface area contributed by atoms with Gasteiger partial charge in [0.2, 0.25) is 0 Å². The summed E-state index contributed by atoms with van der Waals surface area (Å²) in [7, 11) is 0. The summed E-state index contributed by atoms with van der Waals surface area (Å²) in [6.45, 7) is 8.52. The fourth-order valence-electron chi connectivity index (χ4n) is 1.83. The van der Waals surface area contributed by atoms with Crippen molar-refractivity contribution in [2.75, 3.05) is 32.0 Å². The molecule has 1 aromatic rings. The molecule has 96 valence electrons. The summed E-state index contributed by atoms with van der Waals surface area (Å²) in [6.07, 6.45) is 2.25. The Hall–Kier alpha value is -1.22. The maximum atomic E-state index is 5.80. The highest BCUT2D eigenvalue weighted by molar-refractivity contribution is 5.51. The van der Waals surface area contributed by atoms with Crippen molar-refractivity contribution in [3.05, 3.63) is 24.3 Å². The number of hydrogen-bond acceptors (Lipinski definition) is 3. The molecule has 0 radical (unpaired) electrons. The summed E-state index contributed by atoms with van der Waals surface area (Å²) in [5, 5.41) is 0. The number of benzene rings is 1. The molecule has 0 bridgehead atoms. The Morgan fingerprint density at radius 2 is 1.94 bits per heavy atom. The van der Waals surface area contributed by atoms with Crippen LogP contribution in [-0.4, -0.2) is 31.1 Å². The molecular weight excluding hydrogens is 212 g/mol. The zero-order chi connectivity index (χ0) is 12.5. The molecule has 1 aromatic carbocycles. The van der Waals surface area contributed by atoms with Crippen LogP contribution < -0.4 is 10.5 Å². The minimum absolute atomic E-state index is 0.716. The number of nitrogens with zero attached hydrogens (tertiary/aromatic N) is 1. The van der Waals surface area contributed by atoms with Crippen LogP contribution in [-0.2, 0) is 0 Å². The van der Waals surface area contributed by atoms with Crippen LogP contribution in [0.5, 0.6) is 5.75 Å². The maximum Gasteiger partial charge on any atom is 0.142 e. The Morgan fingerprint density at radius 3 is 2.59 bits per heavy atom. The lowest BCUT2D eigenvalue weighted by Crippen LogP contribution is -2.26. The molecular formula is C14H24N2O. The first-order valence-corrected chi connectivity index (χ1v) is 6.47. The first-order valence-electron chi connectivity index (χ1n) is 6.47. The molecule has 0 saturated heterocycles. The largest absolute Gasteiger partial charge is 0.491 e. The summed E-state index contributed by atoms with van der Waals surface area (Å²) in [5.41, 5.74) is 6.52. The molecule has 0 aliphatic heterocycles. The van der Waals surface area contributed by atoms with Crippen molar-refractivity contribution in [3.63, 3.8) is 0 Å². The molecule has 3 nitrogen and oxygen atoms in total. The summed E-state index contributed by atoms with van der Waals surface area (Å²) >= 11 is 0. The van der Waals surface area contributed by atoms with Crippen molar-refractivity contribution in [3.8, 4) is 5.75 Å². The van der Waals surface area contributed by atoms with Crippen molar-refractivity contribution >= 4 is 5.69 Å². The van der Waals surface area contributed by atoms with Crippen molar-refractivity contribution in [2.45, 2.75) is 26.7 Å². The third kappa shape index (κ3) is 5.09. The van der Waals surface area contributed by atoms with E-state index in [0.717, 1.165) is 31.9 Å². The normalized spacial score (nSPS) is 10.8. The number of hydrogen-bond donors (Lipinski definition) is 1. The van der Waals surface area contributed by atoms with Crippen molar-refractivity contribution in [1.82, 2.24) is 4.90 Å². The molecule has 0 fully saturated rings. The van der Waals surface area contributed by atoms with Crippen LogP contribution >= 0.6 is 0 Å². The van der Waals surface area contributed by atoms with E-state index in [1.54, 1.807) is 0 Å². The van der Waals surface area contributed by atoms with Crippen molar-refractivity contribution in [2.24, 2.45) is 0 Å². The van der Waals surface area contributed by atoms with E-state index in [1.165, 1.54) is 13.0 Å². The Kier molecular flexibility index (Phi) is 6.48. The SMILES string of the molecule is CCCN(CC)CCCOc1ccccc1N. The van der Waals surface area contributed by atoms with E-state index in [9.17, 15) is 0 Å². The monoisotopic (exact) mass is 236 g/mol. The van der Waals surface area contributed by atoms with Gasteiger partial charge < -0.3 is 15.4 Å². The lowest BCUT2D eigenvalue weighted by Gasteiger charge is -2.19. The highest BCUT2D eigenvalue weighted by Crippen LogP contribution is 2.19. The zero-order valence-electron chi connectivity index (χ0n) is 11.0. The van der Waals surface area contributed by atoms with Crippen molar-refractivity contribution < 1.29 is 4.74 Å². The van der Waals surface area contributed by atoms with Gasteiger partial charge in [-0.25, -0.2) is 0 Å². The van der Waals surface area contributed by atoms with Crippen LogP contribution in [0.2, 0.25) is 0 Å². The fraction of sp³-hybridized carbons (Fsp3) is 0.571. The lowest BCUT2D eigenvalue weighted by molar-refractivity contribution is 0.242. The molecule has 0 aliphatic carbocycles. The standard InChI is InChI=1S/C14H24N2O/c1-3-10-16(4-2)11-7-12-17-14-9-6-5-8-13(14)15/h5-6,8-9H,3-4,7,10-12,15H2,1-2H3. The van der Waals surface area contributed by atoms with Gasteiger partial charge in [0.1, 0.15) is 5.75 Å². The summed E-state index contributed by atoms with van der Waals surface area (Å²) in [6, 6.07) is 7.65. The van der Waals surface area contributed by atoms with Crippen LogP contribution in [0.4, 0.5) is 5.69 Å². The molecule has 2 N–H and O–H groups in total. The van der Waals surface area contributed by atoms with E-state index in [4.69, 9.17) is 10.5 Å². The van der Waals surface area contributed by atoms with Gasteiger partial charge in [-0.05, 0) is 38.1 Å². The van der Waals surface area contributed by atoms with Crippen LogP contribution in [0.3, 0.4) is 0 Å². The van der Waals surface area contributed by atoms with E-state index in [-0.39, 0.29) is 0 Å². The molecule has 1 rings (SSSR count). The summed E-state index contributed by atoms with van der Waals surface area (Å²) < 4.78 is 5.66. The fourth-order valence-corrected chi connectivity index (χ4v) is 1.83. The third-order valence-corrected chi connectivity index (χ3v) is 2.78. The maximum absolute atomic E-state index is 5.80. The minimum atomic E-state index is 0.716. The van der Waals surface area contributed by atoms with Gasteiger partial charge in [0.05, 0.1) is 12.3 Å². The minimum Gasteiger partial charge on any atom is -0.491 e. The van der Waals surface area contributed by atoms with E-state index in [2.05, 4.69) is 18.7 Å². The first kappa shape index (κ1) is 13.8. The third-order valence-electron chi connectivity index (χ3n) is 2.78. The van der Waals surface area contributed by atoms with Crippen LogP contribution in [0.25, 0.3) is 0 Å². The second-order valence-corrected chi connectivity index (χ2v) is 4.17. The average molecular weight is 236 g/mol. The number of nitrogen functional groups attached to an aromatic ring is 1. The first-order chi connectivity index (χ1) is 8.27. The van der Waals surface area contributed by atoms with E-state index < -0.39 is 0 Å². The van der Waals surface area contributed by atoms with Crippen LogP contribution in [0, 0.1) is 0 Å². The van der Waals surface area contributed by atoms with Gasteiger partial charge in [0, 0.05) is 6.54 Å².